The standard InChI is InChI=1S/C10H6BrClN4O/c11-6-1-8(9(12)15-2-6)10(17)16-7-3-13-5-14-4-7/h1-5H,(H,16,17). The van der Waals surface area contributed by atoms with E-state index in [1.54, 1.807) is 6.07 Å². The van der Waals surface area contributed by atoms with Gasteiger partial charge in [-0.1, -0.05) is 11.6 Å². The lowest BCUT2D eigenvalue weighted by atomic mass is 10.2. The molecule has 0 spiro atoms. The number of anilines is 1. The molecule has 0 fully saturated rings. The Labute approximate surface area is 110 Å². The average Bonchev–Trinajstić information content (AvgIpc) is 2.33. The fourth-order valence-corrected chi connectivity index (χ4v) is 1.66. The molecule has 2 aromatic heterocycles. The van der Waals surface area contributed by atoms with Crippen LogP contribution in [0.5, 0.6) is 0 Å². The Morgan fingerprint density at radius 1 is 1.29 bits per heavy atom. The first kappa shape index (κ1) is 11.9. The molecule has 2 aromatic rings. The van der Waals surface area contributed by atoms with Crippen molar-refractivity contribution < 1.29 is 4.79 Å². The van der Waals surface area contributed by atoms with E-state index in [2.05, 4.69) is 36.2 Å². The average molecular weight is 314 g/mol. The van der Waals surface area contributed by atoms with Crippen LogP contribution in [0.25, 0.3) is 0 Å². The summed E-state index contributed by atoms with van der Waals surface area (Å²) in [7, 11) is 0. The van der Waals surface area contributed by atoms with Crippen LogP contribution in [0, 0.1) is 0 Å². The number of amides is 1. The van der Waals surface area contributed by atoms with Crippen molar-refractivity contribution in [3.05, 3.63) is 46.2 Å². The van der Waals surface area contributed by atoms with Crippen LogP contribution in [0.2, 0.25) is 5.15 Å². The highest BCUT2D eigenvalue weighted by Gasteiger charge is 2.12. The minimum atomic E-state index is -0.362. The molecule has 0 unspecified atom stereocenters. The van der Waals surface area contributed by atoms with E-state index in [1.165, 1.54) is 24.9 Å². The van der Waals surface area contributed by atoms with E-state index >= 15 is 0 Å². The Morgan fingerprint density at radius 3 is 2.71 bits per heavy atom. The fourth-order valence-electron chi connectivity index (χ4n) is 1.14. The van der Waals surface area contributed by atoms with Gasteiger partial charge >= 0.3 is 0 Å². The minimum Gasteiger partial charge on any atom is -0.319 e. The Hall–Kier alpha value is -1.53. The highest BCUT2D eigenvalue weighted by molar-refractivity contribution is 9.10. The molecule has 17 heavy (non-hydrogen) atoms. The number of carbonyl (C=O) groups is 1. The van der Waals surface area contributed by atoms with Gasteiger partial charge in [-0.2, -0.15) is 0 Å². The molecule has 0 bridgehead atoms. The minimum absolute atomic E-state index is 0.141. The zero-order chi connectivity index (χ0) is 12.3. The molecule has 0 aliphatic rings. The Balaban J connectivity index is 2.23. The lowest BCUT2D eigenvalue weighted by Crippen LogP contribution is -2.13. The van der Waals surface area contributed by atoms with Crippen molar-refractivity contribution in [2.75, 3.05) is 5.32 Å². The van der Waals surface area contributed by atoms with Crippen LogP contribution < -0.4 is 5.32 Å². The van der Waals surface area contributed by atoms with E-state index in [1.807, 2.05) is 0 Å². The number of carbonyl (C=O) groups excluding carboxylic acids is 1. The Morgan fingerprint density at radius 2 is 2.00 bits per heavy atom. The summed E-state index contributed by atoms with van der Waals surface area (Å²) >= 11 is 9.06. The van der Waals surface area contributed by atoms with Crippen molar-refractivity contribution in [1.82, 2.24) is 15.0 Å². The number of rotatable bonds is 2. The van der Waals surface area contributed by atoms with Gasteiger partial charge < -0.3 is 5.32 Å². The second-order valence-corrected chi connectivity index (χ2v) is 4.35. The Kier molecular flexibility index (Phi) is 3.65. The largest absolute Gasteiger partial charge is 0.319 e. The summed E-state index contributed by atoms with van der Waals surface area (Å²) < 4.78 is 0.677. The summed E-state index contributed by atoms with van der Waals surface area (Å²) in [6.07, 6.45) is 5.88. The molecule has 0 aliphatic carbocycles. The second kappa shape index (κ2) is 5.20. The van der Waals surface area contributed by atoms with Crippen LogP contribution in [0.4, 0.5) is 5.69 Å². The first-order valence-electron chi connectivity index (χ1n) is 4.54. The number of hydrogen-bond donors (Lipinski definition) is 1. The van der Waals surface area contributed by atoms with E-state index in [-0.39, 0.29) is 16.6 Å². The summed E-state index contributed by atoms with van der Waals surface area (Å²) in [6.45, 7) is 0. The second-order valence-electron chi connectivity index (χ2n) is 3.07. The molecular formula is C10H6BrClN4O. The van der Waals surface area contributed by atoms with Crippen molar-refractivity contribution in [1.29, 1.82) is 0 Å². The molecule has 0 saturated carbocycles. The summed E-state index contributed by atoms with van der Waals surface area (Å²) in [5.74, 6) is -0.362. The normalized spacial score (nSPS) is 10.0. The third-order valence-electron chi connectivity index (χ3n) is 1.87. The van der Waals surface area contributed by atoms with Crippen molar-refractivity contribution in [3.8, 4) is 0 Å². The molecule has 0 aliphatic heterocycles. The van der Waals surface area contributed by atoms with E-state index in [0.717, 1.165) is 0 Å². The molecule has 0 aromatic carbocycles. The maximum atomic E-state index is 11.9. The molecule has 5 nitrogen and oxygen atoms in total. The number of aromatic nitrogens is 3. The number of nitrogens with one attached hydrogen (secondary N) is 1. The lowest BCUT2D eigenvalue weighted by molar-refractivity contribution is 0.102. The van der Waals surface area contributed by atoms with E-state index < -0.39 is 0 Å². The van der Waals surface area contributed by atoms with Crippen molar-refractivity contribution in [2.45, 2.75) is 0 Å². The molecule has 0 saturated heterocycles. The summed E-state index contributed by atoms with van der Waals surface area (Å²) in [5, 5.41) is 2.76. The van der Waals surface area contributed by atoms with Crippen LogP contribution in [0.15, 0.2) is 35.5 Å². The van der Waals surface area contributed by atoms with Gasteiger partial charge in [0.2, 0.25) is 0 Å². The highest BCUT2D eigenvalue weighted by Crippen LogP contribution is 2.19. The van der Waals surface area contributed by atoms with Crippen molar-refractivity contribution in [2.24, 2.45) is 0 Å². The molecule has 1 amide bonds. The van der Waals surface area contributed by atoms with Gasteiger partial charge in [-0.05, 0) is 22.0 Å². The number of pyridine rings is 1. The summed E-state index contributed by atoms with van der Waals surface area (Å²) in [4.78, 5) is 23.3. The maximum Gasteiger partial charge on any atom is 0.258 e. The summed E-state index contributed by atoms with van der Waals surface area (Å²) in [6, 6.07) is 1.59. The monoisotopic (exact) mass is 312 g/mol. The number of nitrogens with zero attached hydrogens (tertiary/aromatic N) is 3. The van der Waals surface area contributed by atoms with Crippen molar-refractivity contribution in [3.63, 3.8) is 0 Å². The molecular weight excluding hydrogens is 307 g/mol. The van der Waals surface area contributed by atoms with Gasteiger partial charge in [-0.25, -0.2) is 15.0 Å². The smallest absolute Gasteiger partial charge is 0.258 e. The van der Waals surface area contributed by atoms with Crippen LogP contribution in [0.1, 0.15) is 10.4 Å². The Bertz CT molecular complexity index is 549. The van der Waals surface area contributed by atoms with Gasteiger partial charge in [0.05, 0.1) is 23.6 Å². The fraction of sp³-hybridized carbons (Fsp3) is 0. The van der Waals surface area contributed by atoms with Gasteiger partial charge in [-0.15, -0.1) is 0 Å². The molecule has 2 rings (SSSR count). The zero-order valence-electron chi connectivity index (χ0n) is 8.39. The summed E-state index contributed by atoms with van der Waals surface area (Å²) in [5.41, 5.74) is 0.776. The highest BCUT2D eigenvalue weighted by atomic mass is 79.9. The third kappa shape index (κ3) is 2.98. The third-order valence-corrected chi connectivity index (χ3v) is 2.60. The lowest BCUT2D eigenvalue weighted by Gasteiger charge is -2.05. The molecule has 7 heteroatoms. The first-order chi connectivity index (χ1) is 8.16. The van der Waals surface area contributed by atoms with Gasteiger partial charge in [0.15, 0.2) is 0 Å². The van der Waals surface area contributed by atoms with Gasteiger partial charge in [0, 0.05) is 10.7 Å². The van der Waals surface area contributed by atoms with Crippen LogP contribution >= 0.6 is 27.5 Å². The van der Waals surface area contributed by atoms with Crippen molar-refractivity contribution >= 4 is 39.1 Å². The molecule has 0 radical (unpaired) electrons. The van der Waals surface area contributed by atoms with Crippen LogP contribution in [0.3, 0.4) is 0 Å². The zero-order valence-corrected chi connectivity index (χ0v) is 10.7. The molecule has 0 atom stereocenters. The van der Waals surface area contributed by atoms with E-state index in [4.69, 9.17) is 11.6 Å². The van der Waals surface area contributed by atoms with Gasteiger partial charge in [0.25, 0.3) is 5.91 Å². The predicted octanol–water partition coefficient (Wildman–Crippen LogP) is 2.54. The topological polar surface area (TPSA) is 67.8 Å². The van der Waals surface area contributed by atoms with Gasteiger partial charge in [0.1, 0.15) is 11.5 Å². The number of halogens is 2. The van der Waals surface area contributed by atoms with Crippen LogP contribution in [-0.4, -0.2) is 20.9 Å². The maximum absolute atomic E-state index is 11.9. The first-order valence-corrected chi connectivity index (χ1v) is 5.71. The number of hydrogen-bond acceptors (Lipinski definition) is 4. The van der Waals surface area contributed by atoms with Gasteiger partial charge in [-0.3, -0.25) is 4.79 Å². The van der Waals surface area contributed by atoms with E-state index in [0.29, 0.717) is 10.2 Å². The van der Waals surface area contributed by atoms with E-state index in [9.17, 15) is 4.79 Å². The quantitative estimate of drug-likeness (QED) is 0.865. The SMILES string of the molecule is O=C(Nc1cncnc1)c1cc(Br)cnc1Cl. The molecule has 86 valence electrons. The molecule has 2 heterocycles. The predicted molar refractivity (Wildman–Crippen MR) is 66.9 cm³/mol. The molecule has 1 N–H and O–H groups in total. The van der Waals surface area contributed by atoms with Crippen LogP contribution in [-0.2, 0) is 0 Å².